The van der Waals surface area contributed by atoms with Crippen molar-refractivity contribution in [3.05, 3.63) is 35.1 Å². The van der Waals surface area contributed by atoms with E-state index in [-0.39, 0.29) is 5.82 Å². The van der Waals surface area contributed by atoms with Crippen LogP contribution in [0.5, 0.6) is 0 Å². The number of hydrogen-bond acceptors (Lipinski definition) is 6. The van der Waals surface area contributed by atoms with Crippen LogP contribution in [0.25, 0.3) is 0 Å². The Kier molecular flexibility index (Phi) is 4.42. The summed E-state index contributed by atoms with van der Waals surface area (Å²) in [4.78, 5) is 0. The fraction of sp³-hybridized carbons (Fsp3) is 0.429. The smallest absolute Gasteiger partial charge is 0.206 e. The van der Waals surface area contributed by atoms with Crippen LogP contribution < -0.4 is 5.32 Å². The first-order valence-electron chi connectivity index (χ1n) is 6.79. The first kappa shape index (κ1) is 14.7. The zero-order valence-corrected chi connectivity index (χ0v) is 13.2. The Hall–Kier alpha value is -1.18. The molecular weight excluding hydrogens is 309 g/mol. The molecule has 112 valence electrons. The summed E-state index contributed by atoms with van der Waals surface area (Å²) >= 11 is 2.97. The molecule has 1 aliphatic rings. The van der Waals surface area contributed by atoms with Gasteiger partial charge in [-0.15, -0.1) is 10.2 Å². The van der Waals surface area contributed by atoms with Crippen LogP contribution in [-0.4, -0.2) is 27.1 Å². The standard InChI is InChI=1S/C14H16FN3OS2/c1-8-6-9(15)2-5-11(8)12(19)7-20-14-18-17-13(21-14)16-10-3-4-10/h2,5-6,10,12,19H,3-4,7H2,1H3,(H,16,17). The zero-order valence-electron chi connectivity index (χ0n) is 11.5. The lowest BCUT2D eigenvalue weighted by molar-refractivity contribution is 0.203. The van der Waals surface area contributed by atoms with Crippen LogP contribution in [0.4, 0.5) is 9.52 Å². The van der Waals surface area contributed by atoms with Gasteiger partial charge in [0.25, 0.3) is 0 Å². The van der Waals surface area contributed by atoms with Crippen molar-refractivity contribution in [3.63, 3.8) is 0 Å². The monoisotopic (exact) mass is 325 g/mol. The van der Waals surface area contributed by atoms with E-state index in [9.17, 15) is 9.50 Å². The Morgan fingerprint density at radius 1 is 1.48 bits per heavy atom. The van der Waals surface area contributed by atoms with E-state index in [1.807, 2.05) is 0 Å². The number of thioether (sulfide) groups is 1. The van der Waals surface area contributed by atoms with Crippen LogP contribution in [0, 0.1) is 12.7 Å². The van der Waals surface area contributed by atoms with Gasteiger partial charge in [0.15, 0.2) is 4.34 Å². The van der Waals surface area contributed by atoms with Gasteiger partial charge in [-0.25, -0.2) is 4.39 Å². The van der Waals surface area contributed by atoms with Crippen LogP contribution in [0.3, 0.4) is 0 Å². The summed E-state index contributed by atoms with van der Waals surface area (Å²) in [6, 6.07) is 5.00. The predicted molar refractivity (Wildman–Crippen MR) is 83.4 cm³/mol. The largest absolute Gasteiger partial charge is 0.388 e. The Bertz CT molecular complexity index is 630. The minimum Gasteiger partial charge on any atom is -0.388 e. The van der Waals surface area contributed by atoms with E-state index in [0.717, 1.165) is 20.6 Å². The summed E-state index contributed by atoms with van der Waals surface area (Å²) < 4.78 is 13.9. The lowest BCUT2D eigenvalue weighted by Crippen LogP contribution is -2.03. The van der Waals surface area contributed by atoms with Gasteiger partial charge in [-0.05, 0) is 43.0 Å². The molecule has 1 saturated carbocycles. The minimum atomic E-state index is -0.639. The Balaban J connectivity index is 1.57. The highest BCUT2D eigenvalue weighted by Gasteiger charge is 2.22. The molecule has 0 aliphatic heterocycles. The molecule has 1 atom stereocenters. The number of hydrogen-bond donors (Lipinski definition) is 2. The van der Waals surface area contributed by atoms with Crippen molar-refractivity contribution in [1.82, 2.24) is 10.2 Å². The quantitative estimate of drug-likeness (QED) is 0.797. The van der Waals surface area contributed by atoms with Crippen LogP contribution in [-0.2, 0) is 0 Å². The van der Waals surface area contributed by atoms with Gasteiger partial charge in [-0.2, -0.15) is 0 Å². The van der Waals surface area contributed by atoms with Gasteiger partial charge in [0.1, 0.15) is 5.82 Å². The molecule has 3 rings (SSSR count). The molecule has 1 aliphatic carbocycles. The SMILES string of the molecule is Cc1cc(F)ccc1C(O)CSc1nnc(NC2CC2)s1. The van der Waals surface area contributed by atoms with Gasteiger partial charge >= 0.3 is 0 Å². The molecule has 4 nitrogen and oxygen atoms in total. The van der Waals surface area contributed by atoms with E-state index in [0.29, 0.717) is 11.8 Å². The molecule has 1 unspecified atom stereocenters. The van der Waals surface area contributed by atoms with Crippen molar-refractivity contribution in [2.75, 3.05) is 11.1 Å². The molecule has 21 heavy (non-hydrogen) atoms. The van der Waals surface area contributed by atoms with Crippen molar-refractivity contribution in [2.24, 2.45) is 0 Å². The summed E-state index contributed by atoms with van der Waals surface area (Å²) in [6.45, 7) is 1.80. The molecule has 0 amide bonds. The molecule has 2 aromatic rings. The first-order chi connectivity index (χ1) is 10.1. The van der Waals surface area contributed by atoms with Crippen LogP contribution in [0.15, 0.2) is 22.5 Å². The van der Waals surface area contributed by atoms with Gasteiger partial charge in [0.05, 0.1) is 6.10 Å². The lowest BCUT2D eigenvalue weighted by Gasteiger charge is -2.12. The summed E-state index contributed by atoms with van der Waals surface area (Å²) in [5, 5.41) is 22.5. The van der Waals surface area contributed by atoms with Gasteiger partial charge in [0.2, 0.25) is 5.13 Å². The van der Waals surface area contributed by atoms with Crippen molar-refractivity contribution in [3.8, 4) is 0 Å². The Morgan fingerprint density at radius 3 is 3.00 bits per heavy atom. The van der Waals surface area contributed by atoms with E-state index in [1.54, 1.807) is 13.0 Å². The maximum absolute atomic E-state index is 13.1. The number of anilines is 1. The molecule has 0 spiro atoms. The zero-order chi connectivity index (χ0) is 14.8. The summed E-state index contributed by atoms with van der Waals surface area (Å²) in [5.41, 5.74) is 1.51. The third kappa shape index (κ3) is 3.93. The van der Waals surface area contributed by atoms with Gasteiger partial charge in [0, 0.05) is 11.8 Å². The molecular formula is C14H16FN3OS2. The number of benzene rings is 1. The minimum absolute atomic E-state index is 0.281. The first-order valence-corrected chi connectivity index (χ1v) is 8.59. The highest BCUT2D eigenvalue weighted by molar-refractivity contribution is 8.01. The van der Waals surface area contributed by atoms with Crippen molar-refractivity contribution < 1.29 is 9.50 Å². The highest BCUT2D eigenvalue weighted by atomic mass is 32.2. The Morgan fingerprint density at radius 2 is 2.29 bits per heavy atom. The van der Waals surface area contributed by atoms with Gasteiger partial charge in [-0.3, -0.25) is 0 Å². The molecule has 1 aromatic heterocycles. The second kappa shape index (κ2) is 6.29. The van der Waals surface area contributed by atoms with Crippen LogP contribution in [0.1, 0.15) is 30.1 Å². The number of nitrogens with one attached hydrogen (secondary N) is 1. The number of aliphatic hydroxyl groups is 1. The Labute approximate surface area is 130 Å². The fourth-order valence-electron chi connectivity index (χ4n) is 1.98. The third-order valence-corrected chi connectivity index (χ3v) is 5.33. The van der Waals surface area contributed by atoms with E-state index >= 15 is 0 Å². The predicted octanol–water partition coefficient (Wildman–Crippen LogP) is 3.39. The molecule has 0 saturated heterocycles. The van der Waals surface area contributed by atoms with Gasteiger partial charge < -0.3 is 10.4 Å². The lowest BCUT2D eigenvalue weighted by atomic mass is 10.0. The van der Waals surface area contributed by atoms with E-state index < -0.39 is 6.10 Å². The normalized spacial score (nSPS) is 16.0. The van der Waals surface area contributed by atoms with Crippen LogP contribution >= 0.6 is 23.1 Å². The second-order valence-corrected chi connectivity index (χ2v) is 7.36. The molecule has 1 fully saturated rings. The van der Waals surface area contributed by atoms with Crippen molar-refractivity contribution in [1.29, 1.82) is 0 Å². The number of rotatable bonds is 6. The molecule has 1 aromatic carbocycles. The number of aromatic nitrogens is 2. The van der Waals surface area contributed by atoms with Gasteiger partial charge in [-0.1, -0.05) is 29.2 Å². The maximum Gasteiger partial charge on any atom is 0.206 e. The van der Waals surface area contributed by atoms with Crippen LogP contribution in [0.2, 0.25) is 0 Å². The van der Waals surface area contributed by atoms with E-state index in [4.69, 9.17) is 0 Å². The number of nitrogens with zero attached hydrogens (tertiary/aromatic N) is 2. The van der Waals surface area contributed by atoms with E-state index in [2.05, 4.69) is 15.5 Å². The summed E-state index contributed by atoms with van der Waals surface area (Å²) in [5.74, 6) is 0.195. The molecule has 0 radical (unpaired) electrons. The molecule has 7 heteroatoms. The third-order valence-electron chi connectivity index (χ3n) is 3.27. The van der Waals surface area contributed by atoms with Crippen molar-refractivity contribution in [2.45, 2.75) is 36.3 Å². The molecule has 1 heterocycles. The average molecular weight is 325 g/mol. The number of aliphatic hydroxyl groups excluding tert-OH is 1. The maximum atomic E-state index is 13.1. The molecule has 2 N–H and O–H groups in total. The number of halogens is 1. The topological polar surface area (TPSA) is 58.0 Å². The molecule has 0 bridgehead atoms. The average Bonchev–Trinajstić information content (AvgIpc) is 3.13. The number of aryl methyl sites for hydroxylation is 1. The summed E-state index contributed by atoms with van der Waals surface area (Å²) in [7, 11) is 0. The van der Waals surface area contributed by atoms with E-state index in [1.165, 1.54) is 48.1 Å². The van der Waals surface area contributed by atoms with Crippen molar-refractivity contribution >= 4 is 28.2 Å². The highest BCUT2D eigenvalue weighted by Crippen LogP contribution is 2.32. The fourth-order valence-corrected chi connectivity index (χ4v) is 3.79. The summed E-state index contributed by atoms with van der Waals surface area (Å²) in [6.07, 6.45) is 1.76. The second-order valence-electron chi connectivity index (χ2n) is 5.12.